The molecule has 0 aliphatic carbocycles. The summed E-state index contributed by atoms with van der Waals surface area (Å²) in [6.45, 7) is -0.373. The van der Waals surface area contributed by atoms with Crippen molar-refractivity contribution in [3.8, 4) is 23.0 Å². The molecule has 0 unspecified atom stereocenters. The Kier molecular flexibility index (Phi) is 8.42. The average Bonchev–Trinajstić information content (AvgIpc) is 3.14. The van der Waals surface area contributed by atoms with Gasteiger partial charge in [-0.1, -0.05) is 0 Å². The van der Waals surface area contributed by atoms with E-state index >= 15 is 0 Å². The molecule has 34 heavy (non-hydrogen) atoms. The number of ether oxygens (including phenoxy) is 4. The molecule has 2 aromatic rings. The molecule has 2 N–H and O–H groups in total. The normalized spacial score (nSPS) is 14.2. The predicted octanol–water partition coefficient (Wildman–Crippen LogP) is 3.02. The zero-order valence-corrected chi connectivity index (χ0v) is 19.8. The maximum Gasteiger partial charge on any atom is 0.326 e. The molecule has 0 spiro atoms. The van der Waals surface area contributed by atoms with Gasteiger partial charge in [0, 0.05) is 17.7 Å². The van der Waals surface area contributed by atoms with Gasteiger partial charge in [0.2, 0.25) is 5.78 Å². The molecule has 1 heterocycles. The fraction of sp³-hybridized carbons (Fsp3) is 0.292. The lowest BCUT2D eigenvalue weighted by Crippen LogP contribution is -2.43. The molecule has 3 rings (SSSR count). The van der Waals surface area contributed by atoms with Gasteiger partial charge in [-0.25, -0.2) is 4.79 Å². The van der Waals surface area contributed by atoms with Crippen LogP contribution in [0.3, 0.4) is 0 Å². The molecule has 0 bridgehead atoms. The van der Waals surface area contributed by atoms with E-state index in [0.717, 1.165) is 0 Å². The van der Waals surface area contributed by atoms with Crippen LogP contribution < -0.4 is 24.3 Å². The second-order valence-electron chi connectivity index (χ2n) is 7.23. The van der Waals surface area contributed by atoms with E-state index in [0.29, 0.717) is 46.3 Å². The first-order valence-electron chi connectivity index (χ1n) is 10.3. The number of carboxylic acid groups (broad SMARTS) is 1. The van der Waals surface area contributed by atoms with Gasteiger partial charge in [-0.3, -0.25) is 9.59 Å². The van der Waals surface area contributed by atoms with Crippen molar-refractivity contribution in [3.05, 3.63) is 53.3 Å². The van der Waals surface area contributed by atoms with Gasteiger partial charge in [-0.15, -0.1) is 0 Å². The zero-order valence-electron chi connectivity index (χ0n) is 19.0. The third kappa shape index (κ3) is 6.02. The van der Waals surface area contributed by atoms with Crippen LogP contribution in [0.25, 0.3) is 6.08 Å². The summed E-state index contributed by atoms with van der Waals surface area (Å²) in [5, 5.41) is 11.7. The van der Waals surface area contributed by atoms with Crippen molar-refractivity contribution >= 4 is 35.5 Å². The number of ketones is 1. The molecule has 1 amide bonds. The van der Waals surface area contributed by atoms with E-state index in [9.17, 15) is 19.5 Å². The largest absolute Gasteiger partial charge is 0.497 e. The van der Waals surface area contributed by atoms with Crippen LogP contribution in [-0.4, -0.2) is 61.6 Å². The molecule has 0 fully saturated rings. The number of aliphatic carboxylic acids is 1. The molecule has 9 nitrogen and oxygen atoms in total. The highest BCUT2D eigenvalue weighted by molar-refractivity contribution is 7.98. The van der Waals surface area contributed by atoms with E-state index < -0.39 is 17.9 Å². The maximum atomic E-state index is 12.8. The maximum absolute atomic E-state index is 12.8. The molecular weight excluding hydrogens is 462 g/mol. The number of hydrogen-bond donors (Lipinski definition) is 2. The third-order valence-corrected chi connectivity index (χ3v) is 5.63. The SMILES string of the molecule is COc1ccc(C=C2Oc3cc(OCC(=O)N[C@@H](CCSC)C(=O)O)ccc3C2=O)c(OC)c1. The molecule has 1 atom stereocenters. The van der Waals surface area contributed by atoms with Crippen molar-refractivity contribution in [2.24, 2.45) is 0 Å². The molecule has 0 saturated carbocycles. The van der Waals surface area contributed by atoms with Crippen LogP contribution in [0.1, 0.15) is 22.3 Å². The molecule has 0 radical (unpaired) electrons. The van der Waals surface area contributed by atoms with E-state index in [2.05, 4.69) is 5.32 Å². The quantitative estimate of drug-likeness (QED) is 0.461. The topological polar surface area (TPSA) is 120 Å². The van der Waals surface area contributed by atoms with Crippen LogP contribution in [0, 0.1) is 0 Å². The van der Waals surface area contributed by atoms with Gasteiger partial charge in [-0.05, 0) is 48.8 Å². The fourth-order valence-electron chi connectivity index (χ4n) is 3.21. The highest BCUT2D eigenvalue weighted by Crippen LogP contribution is 2.36. The number of fused-ring (bicyclic) bond motifs is 1. The van der Waals surface area contributed by atoms with Gasteiger partial charge < -0.3 is 29.4 Å². The lowest BCUT2D eigenvalue weighted by molar-refractivity contribution is -0.142. The summed E-state index contributed by atoms with van der Waals surface area (Å²) in [7, 11) is 3.07. The Morgan fingerprint density at radius 3 is 2.59 bits per heavy atom. The minimum atomic E-state index is -1.10. The number of nitrogens with one attached hydrogen (secondary N) is 1. The van der Waals surface area contributed by atoms with Crippen LogP contribution in [0.5, 0.6) is 23.0 Å². The van der Waals surface area contributed by atoms with Crippen molar-refractivity contribution in [3.63, 3.8) is 0 Å². The van der Waals surface area contributed by atoms with E-state index in [-0.39, 0.29) is 18.1 Å². The highest BCUT2D eigenvalue weighted by Gasteiger charge is 2.28. The van der Waals surface area contributed by atoms with Gasteiger partial charge >= 0.3 is 5.97 Å². The van der Waals surface area contributed by atoms with Crippen molar-refractivity contribution in [1.82, 2.24) is 5.32 Å². The van der Waals surface area contributed by atoms with E-state index in [1.54, 1.807) is 43.5 Å². The number of rotatable bonds is 11. The summed E-state index contributed by atoms with van der Waals surface area (Å²) in [4.78, 5) is 36.1. The molecule has 10 heteroatoms. The minimum absolute atomic E-state index is 0.117. The van der Waals surface area contributed by atoms with Gasteiger partial charge in [-0.2, -0.15) is 11.8 Å². The summed E-state index contributed by atoms with van der Waals surface area (Å²) in [5.41, 5.74) is 1.00. The van der Waals surface area contributed by atoms with Gasteiger partial charge in [0.25, 0.3) is 5.91 Å². The van der Waals surface area contributed by atoms with Crippen molar-refractivity contribution in [2.75, 3.05) is 32.8 Å². The first kappa shape index (κ1) is 25.0. The summed E-state index contributed by atoms with van der Waals surface area (Å²) >= 11 is 1.50. The molecular formula is C24H25NO8S. The number of thioether (sulfide) groups is 1. The first-order valence-corrected chi connectivity index (χ1v) is 11.7. The second kappa shape index (κ2) is 11.5. The smallest absolute Gasteiger partial charge is 0.326 e. The monoisotopic (exact) mass is 487 g/mol. The van der Waals surface area contributed by atoms with Crippen LogP contribution in [0.15, 0.2) is 42.2 Å². The first-order chi connectivity index (χ1) is 16.4. The summed E-state index contributed by atoms with van der Waals surface area (Å²) in [6, 6.07) is 8.82. The lowest BCUT2D eigenvalue weighted by Gasteiger charge is -2.14. The number of amides is 1. The lowest BCUT2D eigenvalue weighted by atomic mass is 10.1. The Hall–Kier alpha value is -3.66. The third-order valence-electron chi connectivity index (χ3n) is 4.98. The predicted molar refractivity (Wildman–Crippen MR) is 127 cm³/mol. The fourth-order valence-corrected chi connectivity index (χ4v) is 3.69. The Bertz CT molecular complexity index is 1110. The number of carboxylic acids is 1. The van der Waals surface area contributed by atoms with Gasteiger partial charge in [0.05, 0.1) is 19.8 Å². The summed E-state index contributed by atoms with van der Waals surface area (Å²) in [6.07, 6.45) is 3.75. The number of methoxy groups -OCH3 is 2. The van der Waals surface area contributed by atoms with Gasteiger partial charge in [0.15, 0.2) is 12.4 Å². The van der Waals surface area contributed by atoms with E-state index in [4.69, 9.17) is 18.9 Å². The van der Waals surface area contributed by atoms with Gasteiger partial charge in [0.1, 0.15) is 29.0 Å². The van der Waals surface area contributed by atoms with Crippen LogP contribution in [-0.2, 0) is 9.59 Å². The molecule has 1 aliphatic rings. The summed E-state index contributed by atoms with van der Waals surface area (Å²) < 4.78 is 21.8. The van der Waals surface area contributed by atoms with Crippen molar-refractivity contribution < 1.29 is 38.4 Å². The Morgan fingerprint density at radius 1 is 1.15 bits per heavy atom. The number of benzene rings is 2. The Morgan fingerprint density at radius 2 is 1.91 bits per heavy atom. The second-order valence-corrected chi connectivity index (χ2v) is 8.22. The number of carbonyl (C=O) groups excluding carboxylic acids is 2. The number of carbonyl (C=O) groups is 3. The van der Waals surface area contributed by atoms with Crippen molar-refractivity contribution in [1.29, 1.82) is 0 Å². The average molecular weight is 488 g/mol. The van der Waals surface area contributed by atoms with Crippen molar-refractivity contribution in [2.45, 2.75) is 12.5 Å². The molecule has 0 aromatic heterocycles. The summed E-state index contributed by atoms with van der Waals surface area (Å²) in [5.74, 6) is 0.509. The molecule has 2 aromatic carbocycles. The van der Waals surface area contributed by atoms with Crippen LogP contribution in [0.2, 0.25) is 0 Å². The molecule has 180 valence electrons. The Balaban J connectivity index is 1.67. The Labute approximate surface area is 201 Å². The standard InChI is InChI=1S/C24H25NO8S/c1-30-15-5-4-14(19(11-15)31-2)10-21-23(27)17-7-6-16(12-20(17)33-21)32-13-22(26)25-18(24(28)29)8-9-34-3/h4-7,10-12,18H,8-9,13H2,1-3H3,(H,25,26)(H,28,29)/t18-/m0/s1. The molecule has 0 saturated heterocycles. The number of Topliss-reactive ketones (excluding diaryl/α,β-unsaturated/α-hetero) is 1. The highest BCUT2D eigenvalue weighted by atomic mass is 32.2. The van der Waals surface area contributed by atoms with Crippen LogP contribution >= 0.6 is 11.8 Å². The minimum Gasteiger partial charge on any atom is -0.497 e. The zero-order chi connectivity index (χ0) is 24.7. The number of hydrogen-bond acceptors (Lipinski definition) is 8. The van der Waals surface area contributed by atoms with E-state index in [1.165, 1.54) is 24.9 Å². The molecule has 1 aliphatic heterocycles. The number of allylic oxidation sites excluding steroid dienone is 1. The van der Waals surface area contributed by atoms with E-state index in [1.807, 2.05) is 6.26 Å². The van der Waals surface area contributed by atoms with Crippen LogP contribution in [0.4, 0.5) is 0 Å².